The van der Waals surface area contributed by atoms with Gasteiger partial charge in [-0.25, -0.2) is 4.68 Å². The van der Waals surface area contributed by atoms with Crippen molar-refractivity contribution in [1.82, 2.24) is 9.78 Å². The number of hydrogen-bond donors (Lipinski definition) is 2. The summed E-state index contributed by atoms with van der Waals surface area (Å²) in [6.45, 7) is 4.26. The number of carbonyl (C=O) groups is 1. The van der Waals surface area contributed by atoms with Gasteiger partial charge in [0.1, 0.15) is 12.3 Å². The summed E-state index contributed by atoms with van der Waals surface area (Å²) in [6, 6.07) is 11.4. The van der Waals surface area contributed by atoms with Gasteiger partial charge in [-0.3, -0.25) is 19.5 Å². The third-order valence-corrected chi connectivity index (χ3v) is 4.27. The molecule has 0 fully saturated rings. The summed E-state index contributed by atoms with van der Waals surface area (Å²) >= 11 is 6.19. The Labute approximate surface area is 165 Å². The first-order valence-electron chi connectivity index (χ1n) is 8.79. The van der Waals surface area contributed by atoms with Crippen LogP contribution in [0.1, 0.15) is 13.8 Å². The molecule has 8 heteroatoms. The van der Waals surface area contributed by atoms with E-state index in [1.165, 1.54) is 0 Å². The number of halogens is 1. The first-order valence-corrected chi connectivity index (χ1v) is 9.17. The van der Waals surface area contributed by atoms with Crippen LogP contribution in [0.5, 0.6) is 5.75 Å². The number of rotatable bonds is 6. The number of hydrogen-bond acceptors (Lipinski definition) is 4. The number of ether oxygens (including phenoxy) is 1. The van der Waals surface area contributed by atoms with Gasteiger partial charge in [0.05, 0.1) is 22.4 Å². The molecule has 28 heavy (non-hydrogen) atoms. The van der Waals surface area contributed by atoms with Crippen molar-refractivity contribution in [1.29, 1.82) is 0 Å². The highest BCUT2D eigenvalue weighted by molar-refractivity contribution is 6.32. The molecule has 1 aromatic heterocycles. The van der Waals surface area contributed by atoms with E-state index in [1.54, 1.807) is 42.5 Å². The van der Waals surface area contributed by atoms with Gasteiger partial charge < -0.3 is 10.1 Å². The number of nitrogens with one attached hydrogen (secondary N) is 2. The van der Waals surface area contributed by atoms with E-state index in [4.69, 9.17) is 16.3 Å². The first kappa shape index (κ1) is 19.7. The van der Waals surface area contributed by atoms with E-state index in [9.17, 15) is 14.4 Å². The number of amides is 1. The Morgan fingerprint density at radius 3 is 2.57 bits per heavy atom. The van der Waals surface area contributed by atoms with E-state index >= 15 is 0 Å². The average molecular weight is 402 g/mol. The van der Waals surface area contributed by atoms with Gasteiger partial charge in [0.25, 0.3) is 11.1 Å². The van der Waals surface area contributed by atoms with E-state index in [-0.39, 0.29) is 17.3 Å². The predicted octanol–water partition coefficient (Wildman–Crippen LogP) is 3.02. The lowest BCUT2D eigenvalue weighted by molar-refractivity contribution is -0.117. The van der Waals surface area contributed by atoms with E-state index in [2.05, 4.69) is 10.4 Å². The van der Waals surface area contributed by atoms with Crippen LogP contribution in [0, 0.1) is 5.92 Å². The first-order chi connectivity index (χ1) is 13.3. The second-order valence-electron chi connectivity index (χ2n) is 6.78. The van der Waals surface area contributed by atoms with E-state index in [0.29, 0.717) is 29.0 Å². The summed E-state index contributed by atoms with van der Waals surface area (Å²) in [6.07, 6.45) is 0. The fourth-order valence-electron chi connectivity index (χ4n) is 2.65. The Hall–Kier alpha value is -3.06. The molecule has 0 saturated carbocycles. The molecule has 0 unspecified atom stereocenters. The number of anilines is 1. The summed E-state index contributed by atoms with van der Waals surface area (Å²) < 4.78 is 6.58. The number of fused-ring (bicyclic) bond motifs is 1. The minimum Gasteiger partial charge on any atom is -0.492 e. The van der Waals surface area contributed by atoms with Crippen LogP contribution in [0.2, 0.25) is 5.02 Å². The molecule has 146 valence electrons. The highest BCUT2D eigenvalue weighted by Gasteiger charge is 2.11. The number of aromatic nitrogens is 2. The largest absolute Gasteiger partial charge is 0.492 e. The lowest BCUT2D eigenvalue weighted by Gasteiger charge is -2.12. The van der Waals surface area contributed by atoms with Crippen molar-refractivity contribution in [2.75, 3.05) is 11.9 Å². The van der Waals surface area contributed by atoms with Crippen LogP contribution in [0.3, 0.4) is 0 Å². The van der Waals surface area contributed by atoms with Gasteiger partial charge in [0.2, 0.25) is 5.91 Å². The third kappa shape index (κ3) is 4.43. The third-order valence-electron chi connectivity index (χ3n) is 3.97. The Bertz CT molecular complexity index is 1130. The molecule has 0 radical (unpaired) electrons. The summed E-state index contributed by atoms with van der Waals surface area (Å²) in [7, 11) is 0. The molecule has 0 saturated heterocycles. The SMILES string of the molecule is CC(C)COc1ccc(NC(=O)Cn2[nH]c(=O)c3ccccc3c2=O)cc1Cl. The topological polar surface area (TPSA) is 93.2 Å². The van der Waals surface area contributed by atoms with Gasteiger partial charge >= 0.3 is 0 Å². The second-order valence-corrected chi connectivity index (χ2v) is 7.18. The van der Waals surface area contributed by atoms with Crippen LogP contribution in [-0.2, 0) is 11.3 Å². The molecule has 0 atom stereocenters. The molecule has 2 aromatic carbocycles. The number of H-pyrrole nitrogens is 1. The predicted molar refractivity (Wildman–Crippen MR) is 109 cm³/mol. The molecular weight excluding hydrogens is 382 g/mol. The Morgan fingerprint density at radius 1 is 1.18 bits per heavy atom. The maximum absolute atomic E-state index is 12.5. The van der Waals surface area contributed by atoms with Crippen molar-refractivity contribution >= 4 is 34.0 Å². The van der Waals surface area contributed by atoms with Crippen molar-refractivity contribution in [3.05, 3.63) is 68.2 Å². The highest BCUT2D eigenvalue weighted by atomic mass is 35.5. The number of carbonyl (C=O) groups excluding carboxylic acids is 1. The molecule has 0 bridgehead atoms. The second kappa shape index (κ2) is 8.31. The number of nitrogens with zero attached hydrogens (tertiary/aromatic N) is 1. The molecule has 0 spiro atoms. The summed E-state index contributed by atoms with van der Waals surface area (Å²) in [5.74, 6) is 0.418. The molecular formula is C20H20ClN3O4. The molecule has 0 aliphatic heterocycles. The fourth-order valence-corrected chi connectivity index (χ4v) is 2.89. The lowest BCUT2D eigenvalue weighted by Crippen LogP contribution is -2.34. The fraction of sp³-hybridized carbons (Fsp3) is 0.250. The lowest BCUT2D eigenvalue weighted by atomic mass is 10.2. The van der Waals surface area contributed by atoms with Crippen LogP contribution in [0.4, 0.5) is 5.69 Å². The Kier molecular flexibility index (Phi) is 5.84. The molecule has 0 aliphatic rings. The monoisotopic (exact) mass is 401 g/mol. The van der Waals surface area contributed by atoms with Gasteiger partial charge in [-0.2, -0.15) is 0 Å². The molecule has 0 aliphatic carbocycles. The molecule has 2 N–H and O–H groups in total. The smallest absolute Gasteiger partial charge is 0.273 e. The van der Waals surface area contributed by atoms with Gasteiger partial charge in [0.15, 0.2) is 0 Å². The zero-order valence-corrected chi connectivity index (χ0v) is 16.2. The molecule has 3 rings (SSSR count). The van der Waals surface area contributed by atoms with Crippen molar-refractivity contribution in [3.63, 3.8) is 0 Å². The van der Waals surface area contributed by atoms with Crippen molar-refractivity contribution in [2.24, 2.45) is 5.92 Å². The van der Waals surface area contributed by atoms with Crippen LogP contribution >= 0.6 is 11.6 Å². The van der Waals surface area contributed by atoms with Crippen molar-refractivity contribution in [2.45, 2.75) is 20.4 Å². The van der Waals surface area contributed by atoms with Crippen molar-refractivity contribution in [3.8, 4) is 5.75 Å². The minimum atomic E-state index is -0.472. The summed E-state index contributed by atoms with van der Waals surface area (Å²) in [5, 5.41) is 6.00. The van der Waals surface area contributed by atoms with E-state index in [0.717, 1.165) is 4.68 Å². The van der Waals surface area contributed by atoms with Crippen LogP contribution < -0.4 is 21.2 Å². The number of benzene rings is 2. The van der Waals surface area contributed by atoms with Gasteiger partial charge in [-0.05, 0) is 36.2 Å². The normalized spacial score (nSPS) is 11.0. The van der Waals surface area contributed by atoms with Crippen molar-refractivity contribution < 1.29 is 9.53 Å². The van der Waals surface area contributed by atoms with Gasteiger partial charge in [0, 0.05) is 5.69 Å². The van der Waals surface area contributed by atoms with Gasteiger partial charge in [-0.1, -0.05) is 37.6 Å². The van der Waals surface area contributed by atoms with Gasteiger partial charge in [-0.15, -0.1) is 0 Å². The standard InChI is InChI=1S/C20H20ClN3O4/c1-12(2)11-28-17-8-7-13(9-16(17)21)22-18(25)10-24-20(27)15-6-4-3-5-14(15)19(26)23-24/h3-9,12H,10-11H2,1-2H3,(H,22,25)(H,23,26). The maximum Gasteiger partial charge on any atom is 0.273 e. The Balaban J connectivity index is 1.75. The van der Waals surface area contributed by atoms with E-state index < -0.39 is 17.0 Å². The quantitative estimate of drug-likeness (QED) is 0.664. The highest BCUT2D eigenvalue weighted by Crippen LogP contribution is 2.28. The van der Waals surface area contributed by atoms with Crippen LogP contribution in [0.25, 0.3) is 10.8 Å². The summed E-state index contributed by atoms with van der Waals surface area (Å²) in [4.78, 5) is 36.9. The molecule has 3 aromatic rings. The van der Waals surface area contributed by atoms with Crippen LogP contribution in [-0.4, -0.2) is 22.3 Å². The Morgan fingerprint density at radius 2 is 1.89 bits per heavy atom. The van der Waals surface area contributed by atoms with E-state index in [1.807, 2.05) is 13.8 Å². The maximum atomic E-state index is 12.5. The average Bonchev–Trinajstić information content (AvgIpc) is 2.65. The molecule has 1 amide bonds. The minimum absolute atomic E-state index is 0.258. The zero-order chi connectivity index (χ0) is 20.3. The zero-order valence-electron chi connectivity index (χ0n) is 15.5. The number of aromatic amines is 1. The van der Waals surface area contributed by atoms with Crippen LogP contribution in [0.15, 0.2) is 52.1 Å². The summed E-state index contributed by atoms with van der Waals surface area (Å²) in [5.41, 5.74) is -0.415. The molecule has 7 nitrogen and oxygen atoms in total. The molecule has 1 heterocycles.